The fourth-order valence-electron chi connectivity index (χ4n) is 3.11. The van der Waals surface area contributed by atoms with Crippen molar-refractivity contribution >= 4 is 5.69 Å². The average Bonchev–Trinajstić information content (AvgIpc) is 3.01. The summed E-state index contributed by atoms with van der Waals surface area (Å²) in [6, 6.07) is 5.67. The molecule has 1 aromatic heterocycles. The molecular formula is C13H19N3. The fourth-order valence-corrected chi connectivity index (χ4v) is 3.11. The molecule has 0 aliphatic carbocycles. The Labute approximate surface area is 96.9 Å². The van der Waals surface area contributed by atoms with E-state index < -0.39 is 0 Å². The van der Waals surface area contributed by atoms with Crippen molar-refractivity contribution < 1.29 is 0 Å². The first kappa shape index (κ1) is 10.1. The lowest BCUT2D eigenvalue weighted by atomic mass is 10.0. The van der Waals surface area contributed by atoms with Gasteiger partial charge in [-0.3, -0.25) is 4.98 Å². The third kappa shape index (κ3) is 1.80. The van der Waals surface area contributed by atoms with Gasteiger partial charge in [0.1, 0.15) is 0 Å². The first-order valence-corrected chi connectivity index (χ1v) is 6.35. The Balaban J connectivity index is 1.78. The highest BCUT2D eigenvalue weighted by Crippen LogP contribution is 2.29. The van der Waals surface area contributed by atoms with Gasteiger partial charge in [-0.1, -0.05) is 0 Å². The van der Waals surface area contributed by atoms with Gasteiger partial charge in [0.15, 0.2) is 0 Å². The van der Waals surface area contributed by atoms with E-state index in [-0.39, 0.29) is 0 Å². The Bertz CT molecular complexity index is 332. The van der Waals surface area contributed by atoms with Crippen LogP contribution in [-0.4, -0.2) is 30.2 Å². The Kier molecular flexibility index (Phi) is 2.79. The zero-order chi connectivity index (χ0) is 10.8. The minimum atomic E-state index is 0.699. The first-order chi connectivity index (χ1) is 7.95. The van der Waals surface area contributed by atoms with Crippen LogP contribution >= 0.6 is 0 Å². The van der Waals surface area contributed by atoms with Gasteiger partial charge in [-0.2, -0.15) is 0 Å². The molecule has 0 aromatic carbocycles. The highest BCUT2D eigenvalue weighted by Gasteiger charge is 2.33. The molecule has 1 N–H and O–H groups in total. The summed E-state index contributed by atoms with van der Waals surface area (Å²) < 4.78 is 0. The van der Waals surface area contributed by atoms with Crippen LogP contribution in [0.25, 0.3) is 0 Å². The summed E-state index contributed by atoms with van der Waals surface area (Å²) in [6.07, 6.45) is 9.13. The van der Waals surface area contributed by atoms with Crippen molar-refractivity contribution in [2.45, 2.75) is 37.8 Å². The van der Waals surface area contributed by atoms with Crippen molar-refractivity contribution in [1.82, 2.24) is 10.3 Å². The number of anilines is 1. The molecule has 86 valence electrons. The van der Waals surface area contributed by atoms with Gasteiger partial charge in [-0.05, 0) is 44.4 Å². The summed E-state index contributed by atoms with van der Waals surface area (Å²) in [7, 11) is 0. The van der Waals surface area contributed by atoms with Crippen LogP contribution in [0, 0.1) is 0 Å². The van der Waals surface area contributed by atoms with Gasteiger partial charge in [0, 0.05) is 36.7 Å². The van der Waals surface area contributed by atoms with Gasteiger partial charge < -0.3 is 10.2 Å². The van der Waals surface area contributed by atoms with Crippen LogP contribution in [-0.2, 0) is 0 Å². The Morgan fingerprint density at radius 3 is 2.81 bits per heavy atom. The van der Waals surface area contributed by atoms with Crippen molar-refractivity contribution in [2.75, 3.05) is 18.0 Å². The summed E-state index contributed by atoms with van der Waals surface area (Å²) >= 11 is 0. The largest absolute Gasteiger partial charge is 0.367 e. The molecule has 2 unspecified atom stereocenters. The Morgan fingerprint density at radius 1 is 1.19 bits per heavy atom. The van der Waals surface area contributed by atoms with Gasteiger partial charge in [0.05, 0.1) is 0 Å². The van der Waals surface area contributed by atoms with Crippen molar-refractivity contribution in [2.24, 2.45) is 0 Å². The second-order valence-electron chi connectivity index (χ2n) is 4.81. The lowest BCUT2D eigenvalue weighted by molar-refractivity contribution is 0.483. The zero-order valence-corrected chi connectivity index (χ0v) is 9.60. The van der Waals surface area contributed by atoms with E-state index in [1.54, 1.807) is 0 Å². The summed E-state index contributed by atoms with van der Waals surface area (Å²) in [4.78, 5) is 6.66. The third-order valence-corrected chi connectivity index (χ3v) is 3.86. The number of hydrogen-bond donors (Lipinski definition) is 1. The molecule has 2 saturated heterocycles. The van der Waals surface area contributed by atoms with Crippen molar-refractivity contribution in [3.8, 4) is 0 Å². The highest BCUT2D eigenvalue weighted by atomic mass is 15.2. The molecule has 0 spiro atoms. The average molecular weight is 217 g/mol. The van der Waals surface area contributed by atoms with Crippen molar-refractivity contribution in [3.63, 3.8) is 0 Å². The third-order valence-electron chi connectivity index (χ3n) is 3.86. The molecule has 1 aromatic rings. The van der Waals surface area contributed by atoms with E-state index in [4.69, 9.17) is 0 Å². The van der Waals surface area contributed by atoms with Crippen LogP contribution in [0.4, 0.5) is 5.69 Å². The molecule has 16 heavy (non-hydrogen) atoms. The maximum absolute atomic E-state index is 4.10. The van der Waals surface area contributed by atoms with Crippen LogP contribution in [0.15, 0.2) is 24.5 Å². The summed E-state index contributed by atoms with van der Waals surface area (Å²) in [5.41, 5.74) is 1.34. The molecule has 3 heterocycles. The van der Waals surface area contributed by atoms with Crippen molar-refractivity contribution in [3.05, 3.63) is 24.5 Å². The maximum Gasteiger partial charge on any atom is 0.0443 e. The van der Waals surface area contributed by atoms with Gasteiger partial charge in [0.2, 0.25) is 0 Å². The molecule has 2 fully saturated rings. The second-order valence-corrected chi connectivity index (χ2v) is 4.81. The van der Waals surface area contributed by atoms with E-state index in [2.05, 4.69) is 27.3 Å². The molecule has 3 nitrogen and oxygen atoms in total. The second kappa shape index (κ2) is 4.42. The van der Waals surface area contributed by atoms with E-state index in [0.29, 0.717) is 12.1 Å². The number of aromatic nitrogens is 1. The summed E-state index contributed by atoms with van der Waals surface area (Å²) in [5.74, 6) is 0. The van der Waals surface area contributed by atoms with E-state index >= 15 is 0 Å². The predicted octanol–water partition coefficient (Wildman–Crippen LogP) is 1.80. The zero-order valence-electron chi connectivity index (χ0n) is 9.60. The van der Waals surface area contributed by atoms with Crippen LogP contribution in [0.3, 0.4) is 0 Å². The predicted molar refractivity (Wildman–Crippen MR) is 65.6 cm³/mol. The molecule has 2 aliphatic rings. The van der Waals surface area contributed by atoms with Crippen LogP contribution in [0.5, 0.6) is 0 Å². The molecule has 0 amide bonds. The fraction of sp³-hybridized carbons (Fsp3) is 0.615. The van der Waals surface area contributed by atoms with Crippen molar-refractivity contribution in [1.29, 1.82) is 0 Å². The summed E-state index contributed by atoms with van der Waals surface area (Å²) in [6.45, 7) is 2.40. The molecule has 0 radical (unpaired) electrons. The number of nitrogens with one attached hydrogen (secondary N) is 1. The molecule has 3 rings (SSSR count). The van der Waals surface area contributed by atoms with E-state index in [9.17, 15) is 0 Å². The Hall–Kier alpha value is -1.09. The normalized spacial score (nSPS) is 29.9. The number of nitrogens with zero attached hydrogens (tertiary/aromatic N) is 2. The lowest BCUT2D eigenvalue weighted by Gasteiger charge is -2.31. The molecule has 0 bridgehead atoms. The first-order valence-electron chi connectivity index (χ1n) is 6.35. The molecule has 2 atom stereocenters. The van der Waals surface area contributed by atoms with E-state index in [1.807, 2.05) is 12.4 Å². The number of rotatable bonds is 2. The van der Waals surface area contributed by atoms with Gasteiger partial charge in [-0.15, -0.1) is 0 Å². The van der Waals surface area contributed by atoms with Crippen LogP contribution in [0.1, 0.15) is 25.7 Å². The van der Waals surface area contributed by atoms with Gasteiger partial charge >= 0.3 is 0 Å². The molecule has 0 saturated carbocycles. The van der Waals surface area contributed by atoms with Gasteiger partial charge in [-0.25, -0.2) is 0 Å². The SMILES string of the molecule is c1cc(N2CCCC2C2CCCN2)ccn1. The number of pyridine rings is 1. The maximum atomic E-state index is 4.10. The van der Waals surface area contributed by atoms with Crippen LogP contribution < -0.4 is 10.2 Å². The Morgan fingerprint density at radius 2 is 2.06 bits per heavy atom. The van der Waals surface area contributed by atoms with Crippen LogP contribution in [0.2, 0.25) is 0 Å². The highest BCUT2D eigenvalue weighted by molar-refractivity contribution is 5.47. The smallest absolute Gasteiger partial charge is 0.0443 e. The lowest BCUT2D eigenvalue weighted by Crippen LogP contribution is -2.44. The standard InChI is InChI=1S/C13H19N3/c1-3-12(15-7-1)13-4-2-10-16(13)11-5-8-14-9-6-11/h5-6,8-9,12-13,15H,1-4,7,10H2. The molecule has 2 aliphatic heterocycles. The number of hydrogen-bond acceptors (Lipinski definition) is 3. The quantitative estimate of drug-likeness (QED) is 0.819. The molecular weight excluding hydrogens is 198 g/mol. The minimum absolute atomic E-state index is 0.699. The minimum Gasteiger partial charge on any atom is -0.367 e. The monoisotopic (exact) mass is 217 g/mol. The van der Waals surface area contributed by atoms with E-state index in [0.717, 1.165) is 0 Å². The van der Waals surface area contributed by atoms with Gasteiger partial charge in [0.25, 0.3) is 0 Å². The van der Waals surface area contributed by atoms with E-state index in [1.165, 1.54) is 44.5 Å². The summed E-state index contributed by atoms with van der Waals surface area (Å²) in [5, 5.41) is 3.64. The molecule has 3 heteroatoms. The topological polar surface area (TPSA) is 28.2 Å².